The van der Waals surface area contributed by atoms with Crippen LogP contribution in [0.5, 0.6) is 5.88 Å². The SMILES string of the molecule is Cc1nc(OCC2CCOCC2)ccc1CNC1CC1. The van der Waals surface area contributed by atoms with E-state index in [-0.39, 0.29) is 0 Å². The first-order chi connectivity index (χ1) is 9.81. The Labute approximate surface area is 120 Å². The molecule has 3 rings (SSSR count). The molecule has 0 amide bonds. The van der Waals surface area contributed by atoms with Crippen LogP contribution in [-0.2, 0) is 11.3 Å². The number of aryl methyl sites for hydroxylation is 1. The molecule has 0 radical (unpaired) electrons. The Morgan fingerprint density at radius 3 is 2.75 bits per heavy atom. The molecule has 1 aromatic rings. The van der Waals surface area contributed by atoms with Crippen LogP contribution in [0.1, 0.15) is 36.9 Å². The fraction of sp³-hybridized carbons (Fsp3) is 0.688. The molecule has 20 heavy (non-hydrogen) atoms. The lowest BCUT2D eigenvalue weighted by molar-refractivity contribution is 0.0490. The second-order valence-corrected chi connectivity index (χ2v) is 5.92. The zero-order chi connectivity index (χ0) is 13.8. The van der Waals surface area contributed by atoms with Crippen LogP contribution in [0.25, 0.3) is 0 Å². The molecule has 0 atom stereocenters. The largest absolute Gasteiger partial charge is 0.477 e. The molecule has 1 aliphatic heterocycles. The zero-order valence-corrected chi connectivity index (χ0v) is 12.2. The molecule has 1 aromatic heterocycles. The molecule has 2 aliphatic rings. The van der Waals surface area contributed by atoms with Gasteiger partial charge >= 0.3 is 0 Å². The maximum Gasteiger partial charge on any atom is 0.213 e. The first-order valence-electron chi connectivity index (χ1n) is 7.72. The smallest absolute Gasteiger partial charge is 0.213 e. The summed E-state index contributed by atoms with van der Waals surface area (Å²) in [6.07, 6.45) is 4.84. The maximum atomic E-state index is 5.83. The molecule has 2 fully saturated rings. The maximum absolute atomic E-state index is 5.83. The molecule has 1 aliphatic carbocycles. The molecule has 4 heteroatoms. The summed E-state index contributed by atoms with van der Waals surface area (Å²) in [7, 11) is 0. The van der Waals surface area contributed by atoms with Crippen molar-refractivity contribution in [2.45, 2.75) is 45.2 Å². The number of hydrogen-bond acceptors (Lipinski definition) is 4. The van der Waals surface area contributed by atoms with Crippen molar-refractivity contribution in [2.24, 2.45) is 5.92 Å². The Hall–Kier alpha value is -1.13. The summed E-state index contributed by atoms with van der Waals surface area (Å²) in [4.78, 5) is 4.56. The van der Waals surface area contributed by atoms with Crippen LogP contribution < -0.4 is 10.1 Å². The minimum Gasteiger partial charge on any atom is -0.477 e. The first-order valence-corrected chi connectivity index (χ1v) is 7.72. The van der Waals surface area contributed by atoms with Crippen LogP contribution in [0.4, 0.5) is 0 Å². The molecule has 110 valence electrons. The fourth-order valence-corrected chi connectivity index (χ4v) is 2.49. The Morgan fingerprint density at radius 2 is 2.05 bits per heavy atom. The molecule has 2 heterocycles. The highest BCUT2D eigenvalue weighted by molar-refractivity contribution is 5.25. The van der Waals surface area contributed by atoms with E-state index in [0.29, 0.717) is 5.92 Å². The van der Waals surface area contributed by atoms with Crippen LogP contribution in [0.15, 0.2) is 12.1 Å². The van der Waals surface area contributed by atoms with Crippen molar-refractivity contribution in [2.75, 3.05) is 19.8 Å². The second kappa shape index (κ2) is 6.55. The van der Waals surface area contributed by atoms with Crippen molar-refractivity contribution in [3.8, 4) is 5.88 Å². The number of nitrogens with zero attached hydrogens (tertiary/aromatic N) is 1. The number of nitrogens with one attached hydrogen (secondary N) is 1. The highest BCUT2D eigenvalue weighted by atomic mass is 16.5. The molecular formula is C16H24N2O2. The van der Waals surface area contributed by atoms with E-state index < -0.39 is 0 Å². The van der Waals surface area contributed by atoms with Crippen LogP contribution in [0.3, 0.4) is 0 Å². The third-order valence-corrected chi connectivity index (χ3v) is 4.14. The summed E-state index contributed by atoms with van der Waals surface area (Å²) in [5.41, 5.74) is 2.35. The second-order valence-electron chi connectivity index (χ2n) is 5.92. The van der Waals surface area contributed by atoms with Crippen LogP contribution in [0.2, 0.25) is 0 Å². The molecule has 1 N–H and O–H groups in total. The Morgan fingerprint density at radius 1 is 1.25 bits per heavy atom. The molecular weight excluding hydrogens is 252 g/mol. The minimum atomic E-state index is 0.613. The van der Waals surface area contributed by atoms with Gasteiger partial charge in [-0.1, -0.05) is 6.07 Å². The number of rotatable bonds is 6. The van der Waals surface area contributed by atoms with Gasteiger partial charge in [-0.3, -0.25) is 0 Å². The van der Waals surface area contributed by atoms with Crippen molar-refractivity contribution >= 4 is 0 Å². The van der Waals surface area contributed by atoms with Gasteiger partial charge in [-0.15, -0.1) is 0 Å². The average molecular weight is 276 g/mol. The number of ether oxygens (including phenoxy) is 2. The molecule has 0 aromatic carbocycles. The van der Waals surface area contributed by atoms with Gasteiger partial charge in [0, 0.05) is 37.6 Å². The Balaban J connectivity index is 1.49. The highest BCUT2D eigenvalue weighted by Crippen LogP contribution is 2.21. The predicted molar refractivity (Wildman–Crippen MR) is 77.9 cm³/mol. The van der Waals surface area contributed by atoms with Crippen molar-refractivity contribution < 1.29 is 9.47 Å². The molecule has 0 spiro atoms. The van der Waals surface area contributed by atoms with E-state index >= 15 is 0 Å². The van der Waals surface area contributed by atoms with Gasteiger partial charge < -0.3 is 14.8 Å². The lowest BCUT2D eigenvalue weighted by Crippen LogP contribution is -2.21. The van der Waals surface area contributed by atoms with Crippen molar-refractivity contribution in [1.29, 1.82) is 0 Å². The van der Waals surface area contributed by atoms with Gasteiger partial charge in [0.2, 0.25) is 5.88 Å². The number of aromatic nitrogens is 1. The molecule has 0 bridgehead atoms. The quantitative estimate of drug-likeness (QED) is 0.866. The summed E-state index contributed by atoms with van der Waals surface area (Å²) < 4.78 is 11.2. The molecule has 0 unspecified atom stereocenters. The van der Waals surface area contributed by atoms with Crippen LogP contribution in [0, 0.1) is 12.8 Å². The van der Waals surface area contributed by atoms with Gasteiger partial charge in [-0.05, 0) is 44.1 Å². The predicted octanol–water partition coefficient (Wildman–Crippen LogP) is 2.45. The topological polar surface area (TPSA) is 43.4 Å². The van der Waals surface area contributed by atoms with Crippen LogP contribution in [-0.4, -0.2) is 30.8 Å². The lowest BCUT2D eigenvalue weighted by atomic mass is 10.0. The van der Waals surface area contributed by atoms with E-state index in [9.17, 15) is 0 Å². The normalized spacial score (nSPS) is 20.1. The summed E-state index contributed by atoms with van der Waals surface area (Å²) in [6.45, 7) is 5.48. The van der Waals surface area contributed by atoms with Crippen molar-refractivity contribution in [3.05, 3.63) is 23.4 Å². The van der Waals surface area contributed by atoms with Gasteiger partial charge in [-0.2, -0.15) is 0 Å². The summed E-state index contributed by atoms with van der Waals surface area (Å²) in [5.74, 6) is 1.37. The standard InChI is InChI=1S/C16H24N2O2/c1-12-14(10-17-15-3-4-15)2-5-16(18-12)20-11-13-6-8-19-9-7-13/h2,5,13,15,17H,3-4,6-11H2,1H3. The zero-order valence-electron chi connectivity index (χ0n) is 12.2. The summed E-state index contributed by atoms with van der Waals surface area (Å²) >= 11 is 0. The molecule has 1 saturated heterocycles. The average Bonchev–Trinajstić information content (AvgIpc) is 3.29. The van der Waals surface area contributed by atoms with Crippen LogP contribution >= 0.6 is 0 Å². The molecule has 1 saturated carbocycles. The first kappa shape index (κ1) is 13.8. The van der Waals surface area contributed by atoms with Crippen molar-refractivity contribution in [1.82, 2.24) is 10.3 Å². The Bertz CT molecular complexity index is 440. The molecule has 4 nitrogen and oxygen atoms in total. The van der Waals surface area contributed by atoms with Gasteiger partial charge in [-0.25, -0.2) is 4.98 Å². The van der Waals surface area contributed by atoms with Gasteiger partial charge in [0.25, 0.3) is 0 Å². The van der Waals surface area contributed by atoms with Gasteiger partial charge in [0.05, 0.1) is 6.61 Å². The van der Waals surface area contributed by atoms with Gasteiger partial charge in [0.1, 0.15) is 0 Å². The Kier molecular flexibility index (Phi) is 4.53. The van der Waals surface area contributed by atoms with E-state index in [2.05, 4.69) is 23.3 Å². The van der Waals surface area contributed by atoms with E-state index in [1.165, 1.54) is 18.4 Å². The van der Waals surface area contributed by atoms with E-state index in [4.69, 9.17) is 9.47 Å². The fourth-order valence-electron chi connectivity index (χ4n) is 2.49. The van der Waals surface area contributed by atoms with E-state index in [1.807, 2.05) is 6.07 Å². The third kappa shape index (κ3) is 3.93. The summed E-state index contributed by atoms with van der Waals surface area (Å²) in [5, 5.41) is 3.52. The monoisotopic (exact) mass is 276 g/mol. The lowest BCUT2D eigenvalue weighted by Gasteiger charge is -2.21. The number of hydrogen-bond donors (Lipinski definition) is 1. The van der Waals surface area contributed by atoms with E-state index in [1.54, 1.807) is 0 Å². The third-order valence-electron chi connectivity index (χ3n) is 4.14. The van der Waals surface area contributed by atoms with Gasteiger partial charge in [0.15, 0.2) is 0 Å². The highest BCUT2D eigenvalue weighted by Gasteiger charge is 2.20. The van der Waals surface area contributed by atoms with Crippen molar-refractivity contribution in [3.63, 3.8) is 0 Å². The number of pyridine rings is 1. The van der Waals surface area contributed by atoms with E-state index in [0.717, 1.165) is 56.8 Å². The summed E-state index contributed by atoms with van der Waals surface area (Å²) in [6, 6.07) is 4.87. The minimum absolute atomic E-state index is 0.613.